The van der Waals surface area contributed by atoms with Gasteiger partial charge in [0, 0.05) is 37.1 Å². The van der Waals surface area contributed by atoms with Crippen molar-refractivity contribution in [2.75, 3.05) is 42.9 Å². The zero-order chi connectivity index (χ0) is 21.1. The van der Waals surface area contributed by atoms with Crippen LogP contribution in [0.15, 0.2) is 47.8 Å². The molecule has 3 aromatic rings. The molecule has 2 N–H and O–H groups in total. The fourth-order valence-corrected chi connectivity index (χ4v) is 4.10. The van der Waals surface area contributed by atoms with Gasteiger partial charge in [0.1, 0.15) is 5.75 Å². The second kappa shape index (κ2) is 8.76. The van der Waals surface area contributed by atoms with Crippen LogP contribution in [0, 0.1) is 11.6 Å². The smallest absolute Gasteiger partial charge is 0.240 e. The van der Waals surface area contributed by atoms with E-state index in [0.717, 1.165) is 17.8 Å². The van der Waals surface area contributed by atoms with Crippen LogP contribution in [0.5, 0.6) is 5.75 Å². The largest absolute Gasteiger partial charge is 0.506 e. The molecule has 0 aliphatic carbocycles. The van der Waals surface area contributed by atoms with Crippen molar-refractivity contribution in [1.82, 2.24) is 9.88 Å². The van der Waals surface area contributed by atoms with Crippen molar-refractivity contribution in [2.45, 2.75) is 0 Å². The predicted octanol–water partition coefficient (Wildman–Crippen LogP) is 3.55. The number of amides is 1. The van der Waals surface area contributed by atoms with Gasteiger partial charge in [0.15, 0.2) is 16.8 Å². The Balaban J connectivity index is 1.30. The van der Waals surface area contributed by atoms with Crippen molar-refractivity contribution in [3.63, 3.8) is 0 Å². The van der Waals surface area contributed by atoms with E-state index in [4.69, 9.17) is 0 Å². The summed E-state index contributed by atoms with van der Waals surface area (Å²) in [7, 11) is 0. The van der Waals surface area contributed by atoms with E-state index in [-0.39, 0.29) is 18.2 Å². The molecule has 6 nitrogen and oxygen atoms in total. The molecule has 0 unspecified atom stereocenters. The highest BCUT2D eigenvalue weighted by Gasteiger charge is 2.21. The Labute approximate surface area is 176 Å². The lowest BCUT2D eigenvalue weighted by Gasteiger charge is -2.35. The Morgan fingerprint density at radius 1 is 1.10 bits per heavy atom. The maximum atomic E-state index is 13.4. The molecule has 0 atom stereocenters. The summed E-state index contributed by atoms with van der Waals surface area (Å²) in [5.41, 5.74) is 1.73. The highest BCUT2D eigenvalue weighted by molar-refractivity contribution is 7.14. The topological polar surface area (TPSA) is 68.7 Å². The van der Waals surface area contributed by atoms with Gasteiger partial charge in [-0.3, -0.25) is 9.69 Å². The Morgan fingerprint density at radius 2 is 1.87 bits per heavy atom. The van der Waals surface area contributed by atoms with E-state index in [9.17, 15) is 18.7 Å². The van der Waals surface area contributed by atoms with Gasteiger partial charge in [-0.15, -0.1) is 11.3 Å². The van der Waals surface area contributed by atoms with Crippen molar-refractivity contribution >= 4 is 28.1 Å². The number of aromatic hydroxyl groups is 1. The van der Waals surface area contributed by atoms with Crippen LogP contribution in [0.25, 0.3) is 11.3 Å². The summed E-state index contributed by atoms with van der Waals surface area (Å²) in [4.78, 5) is 20.8. The maximum Gasteiger partial charge on any atom is 0.240 e. The lowest BCUT2D eigenvalue weighted by Crippen LogP contribution is -2.48. The molecule has 30 heavy (non-hydrogen) atoms. The molecule has 1 aromatic heterocycles. The minimum Gasteiger partial charge on any atom is -0.506 e. The lowest BCUT2D eigenvalue weighted by molar-refractivity contribution is -0.117. The van der Waals surface area contributed by atoms with Crippen LogP contribution in [0.1, 0.15) is 0 Å². The van der Waals surface area contributed by atoms with Crippen molar-refractivity contribution < 1.29 is 18.7 Å². The average Bonchev–Trinajstić information content (AvgIpc) is 3.19. The van der Waals surface area contributed by atoms with Crippen molar-refractivity contribution in [3.8, 4) is 17.0 Å². The van der Waals surface area contributed by atoms with Crippen LogP contribution in [-0.2, 0) is 4.79 Å². The number of carbonyl (C=O) groups is 1. The van der Waals surface area contributed by atoms with Crippen LogP contribution < -0.4 is 10.2 Å². The van der Waals surface area contributed by atoms with Crippen molar-refractivity contribution in [2.24, 2.45) is 0 Å². The number of halogens is 2. The molecule has 2 aromatic carbocycles. The summed E-state index contributed by atoms with van der Waals surface area (Å²) >= 11 is 1.23. The van der Waals surface area contributed by atoms with Crippen LogP contribution >= 0.6 is 11.3 Å². The third-order valence-corrected chi connectivity index (χ3v) is 5.69. The van der Waals surface area contributed by atoms with Gasteiger partial charge < -0.3 is 15.3 Å². The summed E-state index contributed by atoms with van der Waals surface area (Å²) in [6, 6.07) is 10.8. The highest BCUT2D eigenvalue weighted by atomic mass is 32.1. The van der Waals surface area contributed by atoms with E-state index >= 15 is 0 Å². The molecule has 1 aliphatic rings. The number of carbonyl (C=O) groups excluding carboxylic acids is 1. The molecule has 2 heterocycles. The van der Waals surface area contributed by atoms with Gasteiger partial charge in [0.05, 0.1) is 17.9 Å². The second-order valence-corrected chi connectivity index (χ2v) is 7.82. The van der Waals surface area contributed by atoms with Gasteiger partial charge in [-0.1, -0.05) is 12.1 Å². The van der Waals surface area contributed by atoms with Gasteiger partial charge in [-0.2, -0.15) is 0 Å². The molecule has 9 heteroatoms. The second-order valence-electron chi connectivity index (χ2n) is 6.97. The first kappa shape index (κ1) is 20.2. The Kier molecular flexibility index (Phi) is 5.91. The number of nitrogens with one attached hydrogen (secondary N) is 1. The van der Waals surface area contributed by atoms with Gasteiger partial charge in [-0.05, 0) is 30.3 Å². The zero-order valence-corrected chi connectivity index (χ0v) is 16.8. The summed E-state index contributed by atoms with van der Waals surface area (Å²) in [6.45, 7) is 3.04. The Bertz CT molecular complexity index is 1050. The predicted molar refractivity (Wildman–Crippen MR) is 113 cm³/mol. The average molecular weight is 430 g/mol. The van der Waals surface area contributed by atoms with E-state index < -0.39 is 11.6 Å². The number of aromatic nitrogens is 1. The fraction of sp³-hybridized carbons (Fsp3) is 0.238. The summed E-state index contributed by atoms with van der Waals surface area (Å²) < 4.78 is 26.5. The monoisotopic (exact) mass is 430 g/mol. The zero-order valence-electron chi connectivity index (χ0n) is 16.0. The first-order chi connectivity index (χ1) is 14.5. The molecule has 0 bridgehead atoms. The normalized spacial score (nSPS) is 14.7. The van der Waals surface area contributed by atoms with Crippen LogP contribution in [0.4, 0.5) is 19.6 Å². The Hall–Kier alpha value is -3.04. The molecule has 0 spiro atoms. The third kappa shape index (κ3) is 4.58. The number of hydrogen-bond donors (Lipinski definition) is 2. The summed E-state index contributed by atoms with van der Waals surface area (Å²) in [5, 5.41) is 14.8. The van der Waals surface area contributed by atoms with E-state index in [1.54, 1.807) is 17.5 Å². The molecule has 1 saturated heterocycles. The number of para-hydroxylation sites is 2. The lowest BCUT2D eigenvalue weighted by atomic mass is 10.2. The fourth-order valence-electron chi connectivity index (χ4n) is 3.36. The molecular formula is C21H20F2N4O2S. The molecule has 0 saturated carbocycles. The number of thiazole rings is 1. The van der Waals surface area contributed by atoms with Crippen LogP contribution in [0.2, 0.25) is 0 Å². The quantitative estimate of drug-likeness (QED) is 0.648. The molecular weight excluding hydrogens is 410 g/mol. The summed E-state index contributed by atoms with van der Waals surface area (Å²) in [6.07, 6.45) is 0. The molecule has 0 radical (unpaired) electrons. The van der Waals surface area contributed by atoms with Crippen LogP contribution in [0.3, 0.4) is 0 Å². The van der Waals surface area contributed by atoms with Gasteiger partial charge in [0.2, 0.25) is 5.91 Å². The van der Waals surface area contributed by atoms with Crippen LogP contribution in [-0.4, -0.2) is 53.6 Å². The third-order valence-electron chi connectivity index (χ3n) is 4.93. The molecule has 1 aliphatic heterocycles. The number of benzene rings is 2. The number of piperazine rings is 1. The van der Waals surface area contributed by atoms with Gasteiger partial charge in [0.25, 0.3) is 0 Å². The molecule has 4 rings (SSSR count). The minimum absolute atomic E-state index is 0.183. The van der Waals surface area contributed by atoms with Crippen molar-refractivity contribution in [1.29, 1.82) is 0 Å². The van der Waals surface area contributed by atoms with E-state index in [1.807, 2.05) is 17.0 Å². The van der Waals surface area contributed by atoms with Gasteiger partial charge in [-0.25, -0.2) is 13.8 Å². The van der Waals surface area contributed by atoms with E-state index in [0.29, 0.717) is 42.6 Å². The maximum absolute atomic E-state index is 13.4. The SMILES string of the molecule is O=C(CN1CCN(c2ccccc2O)CC1)Nc1nc(-c2ccc(F)c(F)c2)cs1. The first-order valence-electron chi connectivity index (χ1n) is 9.46. The highest BCUT2D eigenvalue weighted by Crippen LogP contribution is 2.28. The number of phenols is 1. The number of nitrogens with zero attached hydrogens (tertiary/aromatic N) is 3. The standard InChI is InChI=1S/C21H20F2N4O2S/c22-15-6-5-14(11-16(15)23)17-13-30-21(24-17)25-20(29)12-26-7-9-27(10-8-26)18-3-1-2-4-19(18)28/h1-6,11,13,28H,7-10,12H2,(H,24,25,29). The first-order valence-corrected chi connectivity index (χ1v) is 10.3. The molecule has 1 fully saturated rings. The van der Waals surface area contributed by atoms with Gasteiger partial charge >= 0.3 is 0 Å². The number of anilines is 2. The molecule has 156 valence electrons. The van der Waals surface area contributed by atoms with E-state index in [1.165, 1.54) is 17.4 Å². The minimum atomic E-state index is -0.936. The van der Waals surface area contributed by atoms with E-state index in [2.05, 4.69) is 15.2 Å². The number of rotatable bonds is 5. The number of phenolic OH excluding ortho intramolecular Hbond substituents is 1. The van der Waals surface area contributed by atoms with Crippen molar-refractivity contribution in [3.05, 3.63) is 59.5 Å². The molecule has 1 amide bonds. The summed E-state index contributed by atoms with van der Waals surface area (Å²) in [5.74, 6) is -1.78. The number of hydrogen-bond acceptors (Lipinski definition) is 6. The Morgan fingerprint density at radius 3 is 2.60 bits per heavy atom.